The predicted octanol–water partition coefficient (Wildman–Crippen LogP) is 9.28. The highest BCUT2D eigenvalue weighted by Crippen LogP contribution is 2.45. The van der Waals surface area contributed by atoms with Crippen molar-refractivity contribution in [3.63, 3.8) is 0 Å². The molecule has 0 aliphatic carbocycles. The van der Waals surface area contributed by atoms with Gasteiger partial charge in [0.25, 0.3) is 5.91 Å². The highest BCUT2D eigenvalue weighted by atomic mass is 32.1. The van der Waals surface area contributed by atoms with E-state index in [0.717, 1.165) is 70.5 Å². The first-order chi connectivity index (χ1) is 30.1. The maximum atomic E-state index is 14.0. The normalized spacial score (nSPS) is 17.5. The van der Waals surface area contributed by atoms with Crippen LogP contribution < -0.4 is 10.6 Å². The maximum absolute atomic E-state index is 14.0. The van der Waals surface area contributed by atoms with Crippen LogP contribution in [0.5, 0.6) is 0 Å². The molecule has 318 valence electrons. The zero-order valence-electron chi connectivity index (χ0n) is 34.4. The van der Waals surface area contributed by atoms with Crippen molar-refractivity contribution in [2.24, 2.45) is 5.92 Å². The molecule has 0 spiro atoms. The Morgan fingerprint density at radius 2 is 1.42 bits per heavy atom. The van der Waals surface area contributed by atoms with Gasteiger partial charge < -0.3 is 40.2 Å². The van der Waals surface area contributed by atoms with E-state index in [2.05, 4.69) is 72.7 Å². The molecule has 4 aromatic heterocycles. The maximum Gasteiger partial charge on any atom is 0.407 e. The van der Waals surface area contributed by atoms with Crippen molar-refractivity contribution in [1.29, 1.82) is 0 Å². The van der Waals surface area contributed by atoms with Crippen LogP contribution in [0.15, 0.2) is 89.8 Å². The van der Waals surface area contributed by atoms with Crippen LogP contribution >= 0.6 is 22.7 Å². The summed E-state index contributed by atoms with van der Waals surface area (Å²) < 4.78 is 7.27. The van der Waals surface area contributed by atoms with Gasteiger partial charge in [0.2, 0.25) is 5.91 Å². The Hall–Kier alpha value is -6.52. The summed E-state index contributed by atoms with van der Waals surface area (Å²) in [5.74, 6) is 0.789. The highest BCUT2D eigenvalue weighted by molar-refractivity contribution is 7.27. The van der Waals surface area contributed by atoms with E-state index in [9.17, 15) is 24.3 Å². The Bertz CT molecular complexity index is 2780. The van der Waals surface area contributed by atoms with Gasteiger partial charge in [-0.1, -0.05) is 74.5 Å². The number of nitrogens with one attached hydrogen (secondary N) is 4. The molecule has 2 fully saturated rings. The topological polar surface area (TPSA) is 186 Å². The molecule has 6 heterocycles. The monoisotopic (exact) mass is 870 g/mol. The Kier molecular flexibility index (Phi) is 11.3. The second-order valence-electron chi connectivity index (χ2n) is 16.1. The number of fused-ring (bicyclic) bond motifs is 2. The zero-order valence-corrected chi connectivity index (χ0v) is 36.0. The van der Waals surface area contributed by atoms with Crippen LogP contribution in [0.3, 0.4) is 0 Å². The molecule has 14 nitrogen and oxygen atoms in total. The number of thiophene rings is 2. The number of hydrogen-bond acceptors (Lipinski definition) is 9. The smallest absolute Gasteiger partial charge is 0.407 e. The second kappa shape index (κ2) is 17.1. The molecule has 0 radical (unpaired) electrons. The molecular formula is C46H46N8O6S2. The van der Waals surface area contributed by atoms with Crippen LogP contribution in [-0.4, -0.2) is 85.1 Å². The molecule has 2 aliphatic rings. The third kappa shape index (κ3) is 7.79. The lowest BCUT2D eigenvalue weighted by atomic mass is 10.0. The fourth-order valence-electron chi connectivity index (χ4n) is 8.79. The highest BCUT2D eigenvalue weighted by Gasteiger charge is 2.39. The summed E-state index contributed by atoms with van der Waals surface area (Å²) in [4.78, 5) is 71.3. The molecule has 62 heavy (non-hydrogen) atoms. The van der Waals surface area contributed by atoms with Gasteiger partial charge in [-0.2, -0.15) is 0 Å². The van der Waals surface area contributed by atoms with Crippen LogP contribution in [0.2, 0.25) is 0 Å². The van der Waals surface area contributed by atoms with Gasteiger partial charge in [0.05, 0.1) is 51.5 Å². The summed E-state index contributed by atoms with van der Waals surface area (Å²) in [6, 6.07) is 21.6. The average molecular weight is 871 g/mol. The van der Waals surface area contributed by atoms with Crippen LogP contribution in [0, 0.1) is 5.92 Å². The molecule has 0 saturated carbocycles. The average Bonchev–Trinajstić information content (AvgIpc) is 4.14. The molecule has 4 atom stereocenters. The zero-order chi connectivity index (χ0) is 43.1. The van der Waals surface area contributed by atoms with Crippen molar-refractivity contribution in [2.75, 3.05) is 20.2 Å². The minimum Gasteiger partial charge on any atom is -0.465 e. The number of nitrogens with zero attached hydrogens (tertiary/aromatic N) is 4. The first kappa shape index (κ1) is 40.9. The van der Waals surface area contributed by atoms with Crippen molar-refractivity contribution in [3.8, 4) is 33.5 Å². The summed E-state index contributed by atoms with van der Waals surface area (Å²) in [6.07, 6.45) is 3.05. The van der Waals surface area contributed by atoms with Crippen LogP contribution in [0.4, 0.5) is 9.59 Å². The van der Waals surface area contributed by atoms with Crippen LogP contribution in [0.25, 0.3) is 53.9 Å². The number of aromatic amines is 2. The summed E-state index contributed by atoms with van der Waals surface area (Å²) >= 11 is 3.44. The quantitative estimate of drug-likeness (QED) is 0.0851. The van der Waals surface area contributed by atoms with Gasteiger partial charge in [0, 0.05) is 35.0 Å². The van der Waals surface area contributed by atoms with Gasteiger partial charge >= 0.3 is 12.2 Å². The van der Waals surface area contributed by atoms with Gasteiger partial charge in [-0.05, 0) is 66.0 Å². The van der Waals surface area contributed by atoms with Gasteiger partial charge in [0.1, 0.15) is 23.7 Å². The lowest BCUT2D eigenvalue weighted by Gasteiger charge is -2.29. The standard InChI is InChI=1S/C46H46N8O6S2/c1-25(2)37(51-45(57)58)43(55)53-19-7-11-35(53)41-47-22-34(50-41)27-15-13-26(14-16-27)30-23-61-40-31(24-62-39(30)40)29-17-18-32-33(21-29)49-42(48-32)36-12-8-20-54(36)44(56)38(52-46(59)60-3)28-9-5-4-6-10-28/h4-6,9-10,13-18,21-25,35-38,51H,7-8,11-12,19-20H2,1-3H3,(H,47,50)(H,48,49)(H,52,59)(H,57,58)/t35?,36?,37-,38+/m0/s1. The van der Waals surface area contributed by atoms with E-state index in [-0.39, 0.29) is 29.8 Å². The molecular weight excluding hydrogens is 825 g/mol. The molecule has 0 bridgehead atoms. The van der Waals surface area contributed by atoms with Crippen molar-refractivity contribution in [3.05, 3.63) is 107 Å². The number of benzene rings is 3. The minimum absolute atomic E-state index is 0.189. The van der Waals surface area contributed by atoms with Crippen molar-refractivity contribution >= 4 is 67.1 Å². The number of likely N-dealkylation sites (tertiary alicyclic amines) is 2. The van der Waals surface area contributed by atoms with Crippen LogP contribution in [-0.2, 0) is 14.3 Å². The summed E-state index contributed by atoms with van der Waals surface area (Å²) in [6.45, 7) is 4.78. The Balaban J connectivity index is 0.913. The predicted molar refractivity (Wildman–Crippen MR) is 240 cm³/mol. The first-order valence-corrected chi connectivity index (χ1v) is 22.5. The Morgan fingerprint density at radius 1 is 0.790 bits per heavy atom. The SMILES string of the molecule is COC(=O)N[C@@H](C(=O)N1CCCC1c1nc2ccc(-c3csc4c(-c5ccc(-c6cnc(C7CCCN7C(=O)[C@@H](NC(=O)O)C(C)C)[nH]6)cc5)csc34)cc2[nH]1)c1ccccc1. The number of alkyl carbamates (subject to hydrolysis) is 1. The van der Waals surface area contributed by atoms with Crippen molar-refractivity contribution < 1.29 is 29.0 Å². The van der Waals surface area contributed by atoms with E-state index in [1.807, 2.05) is 55.1 Å². The Labute approximate surface area is 365 Å². The molecule has 2 aliphatic heterocycles. The van der Waals surface area contributed by atoms with Gasteiger partial charge in [-0.25, -0.2) is 19.6 Å². The number of imidazole rings is 2. The molecule has 4 amide bonds. The summed E-state index contributed by atoms with van der Waals surface area (Å²) in [5, 5.41) is 18.9. The molecule has 9 rings (SSSR count). The summed E-state index contributed by atoms with van der Waals surface area (Å²) in [5.41, 5.74) is 8.70. The van der Waals surface area contributed by atoms with Gasteiger partial charge in [-0.3, -0.25) is 9.59 Å². The largest absolute Gasteiger partial charge is 0.465 e. The Morgan fingerprint density at radius 3 is 2.08 bits per heavy atom. The van der Waals surface area contributed by atoms with Gasteiger partial charge in [0.15, 0.2) is 0 Å². The fraction of sp³-hybridized carbons (Fsp3) is 0.304. The number of H-pyrrole nitrogens is 2. The third-order valence-electron chi connectivity index (χ3n) is 11.9. The van der Waals surface area contributed by atoms with Crippen molar-refractivity contribution in [2.45, 2.75) is 63.7 Å². The van der Waals surface area contributed by atoms with Crippen molar-refractivity contribution in [1.82, 2.24) is 40.4 Å². The van der Waals surface area contributed by atoms with Crippen LogP contribution in [0.1, 0.15) is 74.9 Å². The van der Waals surface area contributed by atoms with E-state index >= 15 is 0 Å². The lowest BCUT2D eigenvalue weighted by Crippen LogP contribution is -2.50. The second-order valence-corrected chi connectivity index (χ2v) is 17.9. The molecule has 3 aromatic carbocycles. The number of hydrogen-bond donors (Lipinski definition) is 5. The van der Waals surface area contributed by atoms with E-state index in [4.69, 9.17) is 9.72 Å². The number of ether oxygens (including phenoxy) is 1. The molecule has 16 heteroatoms. The van der Waals surface area contributed by atoms with E-state index < -0.39 is 24.3 Å². The van der Waals surface area contributed by atoms with Gasteiger partial charge in [-0.15, -0.1) is 22.7 Å². The third-order valence-corrected chi connectivity index (χ3v) is 14.1. The number of carbonyl (C=O) groups is 4. The molecule has 2 unspecified atom stereocenters. The number of carboxylic acid groups (broad SMARTS) is 1. The number of amides is 4. The van der Waals surface area contributed by atoms with E-state index in [1.165, 1.54) is 22.1 Å². The molecule has 5 N–H and O–H groups in total. The number of aromatic nitrogens is 4. The fourth-order valence-corrected chi connectivity index (χ4v) is 11.2. The molecule has 2 saturated heterocycles. The molecule has 7 aromatic rings. The summed E-state index contributed by atoms with van der Waals surface area (Å²) in [7, 11) is 1.29. The van der Waals surface area contributed by atoms with E-state index in [1.54, 1.807) is 33.8 Å². The minimum atomic E-state index is -1.21. The lowest BCUT2D eigenvalue weighted by molar-refractivity contribution is -0.135. The number of carbonyl (C=O) groups excluding carboxylic acids is 3. The first-order valence-electron chi connectivity index (χ1n) is 20.7. The van der Waals surface area contributed by atoms with E-state index in [0.29, 0.717) is 24.5 Å². The number of methoxy groups -OCH3 is 1. The number of rotatable bonds is 11.